The van der Waals surface area contributed by atoms with E-state index in [0.717, 1.165) is 23.7 Å². The van der Waals surface area contributed by atoms with E-state index in [-0.39, 0.29) is 30.3 Å². The molecule has 1 fully saturated rings. The molecular formula is C12H18BrClN2OS. The number of thiophene rings is 1. The third-order valence-electron chi connectivity index (χ3n) is 3.21. The van der Waals surface area contributed by atoms with Crippen molar-refractivity contribution in [3.8, 4) is 0 Å². The summed E-state index contributed by atoms with van der Waals surface area (Å²) in [5.74, 6) is 0.376. The Morgan fingerprint density at radius 3 is 2.83 bits per heavy atom. The number of hydrogen-bond donors (Lipinski definition) is 1. The lowest BCUT2D eigenvalue weighted by atomic mass is 10.1. The molecule has 0 aliphatic heterocycles. The SMILES string of the molecule is CN(Cc1cc(Br)cs1)C(=O)C1CCC(N)C1.Cl. The molecule has 0 bridgehead atoms. The van der Waals surface area contributed by atoms with Crippen LogP contribution in [-0.2, 0) is 11.3 Å². The molecule has 6 heteroatoms. The van der Waals surface area contributed by atoms with Gasteiger partial charge in [-0.3, -0.25) is 4.79 Å². The highest BCUT2D eigenvalue weighted by atomic mass is 79.9. The van der Waals surface area contributed by atoms with Crippen molar-refractivity contribution in [3.63, 3.8) is 0 Å². The maximum absolute atomic E-state index is 12.2. The van der Waals surface area contributed by atoms with Crippen molar-refractivity contribution < 1.29 is 4.79 Å². The largest absolute Gasteiger partial charge is 0.340 e. The van der Waals surface area contributed by atoms with E-state index >= 15 is 0 Å². The average Bonchev–Trinajstić information content (AvgIpc) is 2.87. The first-order valence-electron chi connectivity index (χ1n) is 5.79. The lowest BCUT2D eigenvalue weighted by Crippen LogP contribution is -2.32. The van der Waals surface area contributed by atoms with E-state index in [9.17, 15) is 4.79 Å². The van der Waals surface area contributed by atoms with Crippen LogP contribution in [0.2, 0.25) is 0 Å². The van der Waals surface area contributed by atoms with Gasteiger partial charge in [-0.2, -0.15) is 0 Å². The summed E-state index contributed by atoms with van der Waals surface area (Å²) in [6, 6.07) is 2.28. The van der Waals surface area contributed by atoms with Crippen molar-refractivity contribution in [1.29, 1.82) is 0 Å². The minimum absolute atomic E-state index is 0. The van der Waals surface area contributed by atoms with Crippen LogP contribution in [0.1, 0.15) is 24.1 Å². The highest BCUT2D eigenvalue weighted by molar-refractivity contribution is 9.10. The Kier molecular flexibility index (Phi) is 6.11. The van der Waals surface area contributed by atoms with Gasteiger partial charge in [0.25, 0.3) is 0 Å². The zero-order valence-electron chi connectivity index (χ0n) is 10.3. The molecule has 2 rings (SSSR count). The molecule has 0 saturated heterocycles. The Morgan fingerprint density at radius 2 is 2.33 bits per heavy atom. The van der Waals surface area contributed by atoms with Gasteiger partial charge in [0.2, 0.25) is 5.91 Å². The van der Waals surface area contributed by atoms with Crippen LogP contribution >= 0.6 is 39.7 Å². The molecule has 1 saturated carbocycles. The predicted octanol–water partition coefficient (Wildman–Crippen LogP) is 3.02. The van der Waals surface area contributed by atoms with Gasteiger partial charge in [-0.25, -0.2) is 0 Å². The van der Waals surface area contributed by atoms with Crippen LogP contribution in [0, 0.1) is 5.92 Å². The maximum Gasteiger partial charge on any atom is 0.225 e. The van der Waals surface area contributed by atoms with Crippen LogP contribution in [0.3, 0.4) is 0 Å². The second-order valence-electron chi connectivity index (χ2n) is 4.70. The number of nitrogens with zero attached hydrogens (tertiary/aromatic N) is 1. The molecule has 1 heterocycles. The van der Waals surface area contributed by atoms with Crippen LogP contribution in [0.4, 0.5) is 0 Å². The van der Waals surface area contributed by atoms with Gasteiger partial charge >= 0.3 is 0 Å². The highest BCUT2D eigenvalue weighted by Crippen LogP contribution is 2.27. The van der Waals surface area contributed by atoms with Crippen LogP contribution in [-0.4, -0.2) is 23.9 Å². The Labute approximate surface area is 126 Å². The third-order valence-corrected chi connectivity index (χ3v) is 4.90. The number of nitrogens with two attached hydrogens (primary N) is 1. The van der Waals surface area contributed by atoms with Gasteiger partial charge in [-0.05, 0) is 41.3 Å². The molecule has 2 N–H and O–H groups in total. The van der Waals surface area contributed by atoms with Crippen LogP contribution in [0.25, 0.3) is 0 Å². The lowest BCUT2D eigenvalue weighted by molar-refractivity contribution is -0.134. The first kappa shape index (κ1) is 16.0. The average molecular weight is 354 g/mol. The zero-order chi connectivity index (χ0) is 12.4. The van der Waals surface area contributed by atoms with Crippen molar-refractivity contribution in [3.05, 3.63) is 20.8 Å². The summed E-state index contributed by atoms with van der Waals surface area (Å²) in [6.07, 6.45) is 2.77. The number of carbonyl (C=O) groups is 1. The number of rotatable bonds is 3. The van der Waals surface area contributed by atoms with E-state index < -0.39 is 0 Å². The second-order valence-corrected chi connectivity index (χ2v) is 6.61. The van der Waals surface area contributed by atoms with Gasteiger partial charge in [-0.15, -0.1) is 23.7 Å². The molecule has 1 aromatic heterocycles. The molecule has 1 aromatic rings. The van der Waals surface area contributed by atoms with Crippen molar-refractivity contribution in [1.82, 2.24) is 4.90 Å². The molecule has 0 aromatic carbocycles. The van der Waals surface area contributed by atoms with Gasteiger partial charge in [-0.1, -0.05) is 0 Å². The number of carbonyl (C=O) groups excluding carboxylic acids is 1. The minimum Gasteiger partial charge on any atom is -0.340 e. The minimum atomic E-state index is 0. The fourth-order valence-electron chi connectivity index (χ4n) is 2.30. The summed E-state index contributed by atoms with van der Waals surface area (Å²) in [4.78, 5) is 15.2. The molecule has 3 nitrogen and oxygen atoms in total. The first-order valence-corrected chi connectivity index (χ1v) is 7.47. The number of halogens is 2. The predicted molar refractivity (Wildman–Crippen MR) is 81.1 cm³/mol. The van der Waals surface area contributed by atoms with Gasteiger partial charge in [0, 0.05) is 33.7 Å². The number of hydrogen-bond acceptors (Lipinski definition) is 3. The maximum atomic E-state index is 12.2. The first-order chi connectivity index (χ1) is 8.06. The Morgan fingerprint density at radius 1 is 1.61 bits per heavy atom. The molecule has 1 amide bonds. The molecule has 102 valence electrons. The topological polar surface area (TPSA) is 46.3 Å². The van der Waals surface area contributed by atoms with E-state index in [4.69, 9.17) is 5.73 Å². The second kappa shape index (κ2) is 6.89. The molecule has 0 spiro atoms. The monoisotopic (exact) mass is 352 g/mol. The van der Waals surface area contributed by atoms with Crippen molar-refractivity contribution in [2.75, 3.05) is 7.05 Å². The van der Waals surface area contributed by atoms with Gasteiger partial charge in [0.15, 0.2) is 0 Å². The molecule has 18 heavy (non-hydrogen) atoms. The fraction of sp³-hybridized carbons (Fsp3) is 0.583. The Hall–Kier alpha value is -0.100. The summed E-state index contributed by atoms with van der Waals surface area (Å²) >= 11 is 5.10. The van der Waals surface area contributed by atoms with E-state index in [0.29, 0.717) is 6.54 Å². The van der Waals surface area contributed by atoms with Crippen LogP contribution in [0.5, 0.6) is 0 Å². The molecule has 1 aliphatic carbocycles. The summed E-state index contributed by atoms with van der Waals surface area (Å²) in [5, 5.41) is 2.04. The molecule has 0 radical (unpaired) electrons. The highest BCUT2D eigenvalue weighted by Gasteiger charge is 2.29. The molecular weight excluding hydrogens is 336 g/mol. The Balaban J connectivity index is 0.00000162. The van der Waals surface area contributed by atoms with E-state index in [1.54, 1.807) is 11.3 Å². The quantitative estimate of drug-likeness (QED) is 0.908. The molecule has 2 atom stereocenters. The van der Waals surface area contributed by atoms with E-state index in [2.05, 4.69) is 22.0 Å². The lowest BCUT2D eigenvalue weighted by Gasteiger charge is -2.20. The normalized spacial score (nSPS) is 22.6. The molecule has 1 aliphatic rings. The van der Waals surface area contributed by atoms with Gasteiger partial charge < -0.3 is 10.6 Å². The third kappa shape index (κ3) is 3.95. The van der Waals surface area contributed by atoms with Crippen molar-refractivity contribution in [2.45, 2.75) is 31.8 Å². The summed E-state index contributed by atoms with van der Waals surface area (Å²) in [7, 11) is 1.87. The standard InChI is InChI=1S/C12H17BrN2OS.ClH/c1-15(6-11-5-9(13)7-17-11)12(16)8-2-3-10(14)4-8;/h5,7-8,10H,2-4,6,14H2,1H3;1H. The van der Waals surface area contributed by atoms with E-state index in [1.165, 1.54) is 4.88 Å². The number of amides is 1. The van der Waals surface area contributed by atoms with Crippen LogP contribution in [0.15, 0.2) is 15.9 Å². The van der Waals surface area contributed by atoms with Gasteiger partial charge in [0.1, 0.15) is 0 Å². The van der Waals surface area contributed by atoms with Crippen molar-refractivity contribution >= 4 is 45.6 Å². The van der Waals surface area contributed by atoms with Gasteiger partial charge in [0.05, 0.1) is 6.54 Å². The molecule has 2 unspecified atom stereocenters. The smallest absolute Gasteiger partial charge is 0.225 e. The van der Waals surface area contributed by atoms with Crippen LogP contribution < -0.4 is 5.73 Å². The fourth-order valence-corrected chi connectivity index (χ4v) is 3.80. The summed E-state index contributed by atoms with van der Waals surface area (Å²) in [6.45, 7) is 0.695. The summed E-state index contributed by atoms with van der Waals surface area (Å²) in [5.41, 5.74) is 5.84. The van der Waals surface area contributed by atoms with E-state index in [1.807, 2.05) is 17.3 Å². The zero-order valence-corrected chi connectivity index (χ0v) is 13.5. The Bertz CT molecular complexity index is 413. The summed E-state index contributed by atoms with van der Waals surface area (Å²) < 4.78 is 1.08. The van der Waals surface area contributed by atoms with Crippen molar-refractivity contribution in [2.24, 2.45) is 11.7 Å².